The molecule has 1 N–H and O–H groups in total. The molecule has 0 aliphatic carbocycles. The summed E-state index contributed by atoms with van der Waals surface area (Å²) in [5.74, 6) is 1.04. The van der Waals surface area contributed by atoms with Crippen LogP contribution in [0.5, 0.6) is 5.75 Å². The van der Waals surface area contributed by atoms with Gasteiger partial charge in [0.2, 0.25) is 0 Å². The Morgan fingerprint density at radius 2 is 2.35 bits per heavy atom. The van der Waals surface area contributed by atoms with Gasteiger partial charge in [-0.2, -0.15) is 0 Å². The predicted molar refractivity (Wildman–Crippen MR) is 69.2 cm³/mol. The van der Waals surface area contributed by atoms with Crippen LogP contribution in [0.4, 0.5) is 0 Å². The highest BCUT2D eigenvalue weighted by Crippen LogP contribution is 2.38. The molecule has 94 valence electrons. The quantitative estimate of drug-likeness (QED) is 0.933. The van der Waals surface area contributed by atoms with E-state index < -0.39 is 6.10 Å². The van der Waals surface area contributed by atoms with Gasteiger partial charge in [0.05, 0.1) is 12.7 Å². The van der Waals surface area contributed by atoms with Crippen LogP contribution in [0.1, 0.15) is 25.0 Å². The van der Waals surface area contributed by atoms with Crippen LogP contribution in [0.15, 0.2) is 22.7 Å². The molecule has 0 saturated heterocycles. The molecule has 3 unspecified atom stereocenters. The Balaban J connectivity index is 2.19. The van der Waals surface area contributed by atoms with E-state index >= 15 is 0 Å². The summed E-state index contributed by atoms with van der Waals surface area (Å²) < 4.78 is 12.0. The van der Waals surface area contributed by atoms with Gasteiger partial charge in [0.15, 0.2) is 0 Å². The lowest BCUT2D eigenvalue weighted by Crippen LogP contribution is -2.33. The molecule has 1 heterocycles. The smallest absolute Gasteiger partial charge is 0.126 e. The van der Waals surface area contributed by atoms with Crippen molar-refractivity contribution >= 4 is 15.9 Å². The van der Waals surface area contributed by atoms with E-state index in [0.717, 1.165) is 15.8 Å². The van der Waals surface area contributed by atoms with Gasteiger partial charge in [0.1, 0.15) is 11.9 Å². The normalized spacial score (nSPS) is 24.9. The van der Waals surface area contributed by atoms with Crippen LogP contribution in [0, 0.1) is 5.92 Å². The second-order valence-electron chi connectivity index (χ2n) is 4.52. The fourth-order valence-corrected chi connectivity index (χ4v) is 2.50. The van der Waals surface area contributed by atoms with Crippen LogP contribution in [0.2, 0.25) is 0 Å². The van der Waals surface area contributed by atoms with Crippen LogP contribution in [-0.2, 0) is 4.74 Å². The Morgan fingerprint density at radius 1 is 1.59 bits per heavy atom. The molecule has 1 aromatic rings. The number of aliphatic hydroxyl groups is 1. The van der Waals surface area contributed by atoms with Crippen LogP contribution in [0.25, 0.3) is 0 Å². The number of benzene rings is 1. The summed E-state index contributed by atoms with van der Waals surface area (Å²) in [6.07, 6.45) is 0.182. The molecule has 0 aromatic heterocycles. The highest BCUT2D eigenvalue weighted by atomic mass is 79.9. The molecule has 3 atom stereocenters. The van der Waals surface area contributed by atoms with Crippen molar-refractivity contribution in [2.45, 2.75) is 25.6 Å². The highest BCUT2D eigenvalue weighted by molar-refractivity contribution is 9.10. The van der Waals surface area contributed by atoms with E-state index in [2.05, 4.69) is 22.9 Å². The van der Waals surface area contributed by atoms with Crippen molar-refractivity contribution in [3.63, 3.8) is 0 Å². The number of fused-ring (bicyclic) bond motifs is 1. The number of halogens is 1. The monoisotopic (exact) mass is 300 g/mol. The van der Waals surface area contributed by atoms with Crippen LogP contribution >= 0.6 is 15.9 Å². The summed E-state index contributed by atoms with van der Waals surface area (Å²) in [4.78, 5) is 0. The lowest BCUT2D eigenvalue weighted by Gasteiger charge is -2.33. The summed E-state index contributed by atoms with van der Waals surface area (Å²) in [5.41, 5.74) is 0.870. The molecule has 4 heteroatoms. The Morgan fingerprint density at radius 3 is 3.06 bits per heavy atom. The molecule has 17 heavy (non-hydrogen) atoms. The topological polar surface area (TPSA) is 38.7 Å². The second kappa shape index (κ2) is 5.38. The molecule has 1 aliphatic heterocycles. The molecular formula is C13H17BrO3. The Bertz CT molecular complexity index is 394. The number of ether oxygens (including phenoxy) is 2. The molecule has 0 radical (unpaired) electrons. The van der Waals surface area contributed by atoms with Crippen LogP contribution in [-0.4, -0.2) is 24.9 Å². The molecule has 0 saturated carbocycles. The second-order valence-corrected chi connectivity index (χ2v) is 5.44. The zero-order chi connectivity index (χ0) is 12.4. The van der Waals surface area contributed by atoms with Crippen molar-refractivity contribution in [1.29, 1.82) is 0 Å². The standard InChI is InChI=1S/C13H17BrO3/c1-8(7-16-2)12-6-11(15)10-4-3-9(14)5-13(10)17-12/h3-5,8,11-12,15H,6-7H2,1-2H3. The maximum absolute atomic E-state index is 10.1. The van der Waals surface area contributed by atoms with Crippen molar-refractivity contribution in [2.24, 2.45) is 5.92 Å². The van der Waals surface area contributed by atoms with Gasteiger partial charge < -0.3 is 14.6 Å². The molecule has 0 fully saturated rings. The van der Waals surface area contributed by atoms with E-state index in [9.17, 15) is 5.11 Å². The average molecular weight is 301 g/mol. The van der Waals surface area contributed by atoms with Gasteiger partial charge in [0, 0.05) is 29.5 Å². The first-order valence-electron chi connectivity index (χ1n) is 5.75. The molecule has 1 aromatic carbocycles. The van der Waals surface area contributed by atoms with Gasteiger partial charge in [-0.15, -0.1) is 0 Å². The lowest BCUT2D eigenvalue weighted by molar-refractivity contribution is 0.0136. The number of aliphatic hydroxyl groups excluding tert-OH is 1. The Hall–Kier alpha value is -0.580. The number of hydrogen-bond acceptors (Lipinski definition) is 3. The van der Waals surface area contributed by atoms with E-state index in [-0.39, 0.29) is 12.0 Å². The maximum atomic E-state index is 10.1. The van der Waals surface area contributed by atoms with E-state index in [1.165, 1.54) is 0 Å². The molecule has 0 bridgehead atoms. The number of hydrogen-bond donors (Lipinski definition) is 1. The van der Waals surface area contributed by atoms with Gasteiger partial charge in [0.25, 0.3) is 0 Å². The zero-order valence-corrected chi connectivity index (χ0v) is 11.6. The first kappa shape index (κ1) is 12.9. The van der Waals surface area contributed by atoms with Crippen LogP contribution < -0.4 is 4.74 Å². The summed E-state index contributed by atoms with van der Waals surface area (Å²) in [6.45, 7) is 2.71. The fraction of sp³-hybridized carbons (Fsp3) is 0.538. The minimum Gasteiger partial charge on any atom is -0.490 e. The van der Waals surface area contributed by atoms with E-state index in [1.54, 1.807) is 7.11 Å². The van der Waals surface area contributed by atoms with Crippen molar-refractivity contribution in [3.05, 3.63) is 28.2 Å². The third-order valence-electron chi connectivity index (χ3n) is 3.13. The largest absolute Gasteiger partial charge is 0.490 e. The Kier molecular flexibility index (Phi) is 4.07. The van der Waals surface area contributed by atoms with Crippen LogP contribution in [0.3, 0.4) is 0 Å². The Labute approximate surface area is 110 Å². The van der Waals surface area contributed by atoms with Gasteiger partial charge in [-0.05, 0) is 12.1 Å². The lowest BCUT2D eigenvalue weighted by atomic mass is 9.93. The maximum Gasteiger partial charge on any atom is 0.126 e. The average Bonchev–Trinajstić information content (AvgIpc) is 2.28. The van der Waals surface area contributed by atoms with Crippen molar-refractivity contribution in [1.82, 2.24) is 0 Å². The first-order valence-corrected chi connectivity index (χ1v) is 6.54. The fourth-order valence-electron chi connectivity index (χ4n) is 2.16. The predicted octanol–water partition coefficient (Wildman–Crippen LogP) is 2.92. The zero-order valence-electron chi connectivity index (χ0n) is 10.0. The third-order valence-corrected chi connectivity index (χ3v) is 3.63. The van der Waals surface area contributed by atoms with E-state index in [0.29, 0.717) is 13.0 Å². The van der Waals surface area contributed by atoms with E-state index in [1.807, 2.05) is 18.2 Å². The van der Waals surface area contributed by atoms with Gasteiger partial charge >= 0.3 is 0 Å². The summed E-state index contributed by atoms with van der Waals surface area (Å²) in [7, 11) is 1.68. The van der Waals surface area contributed by atoms with Crippen molar-refractivity contribution in [2.75, 3.05) is 13.7 Å². The van der Waals surface area contributed by atoms with E-state index in [4.69, 9.17) is 9.47 Å². The molecule has 0 spiro atoms. The van der Waals surface area contributed by atoms with Gasteiger partial charge in [-0.25, -0.2) is 0 Å². The molecule has 1 aliphatic rings. The highest BCUT2D eigenvalue weighted by Gasteiger charge is 2.30. The van der Waals surface area contributed by atoms with Gasteiger partial charge in [-0.3, -0.25) is 0 Å². The molecular weight excluding hydrogens is 284 g/mol. The molecule has 2 rings (SSSR count). The summed E-state index contributed by atoms with van der Waals surface area (Å²) >= 11 is 3.41. The molecule has 3 nitrogen and oxygen atoms in total. The molecule has 0 amide bonds. The number of methoxy groups -OCH3 is 1. The number of rotatable bonds is 3. The van der Waals surface area contributed by atoms with Crippen molar-refractivity contribution in [3.8, 4) is 5.75 Å². The first-order chi connectivity index (χ1) is 8.11. The van der Waals surface area contributed by atoms with Crippen molar-refractivity contribution < 1.29 is 14.6 Å². The summed E-state index contributed by atoms with van der Waals surface area (Å²) in [6, 6.07) is 5.73. The van der Waals surface area contributed by atoms with Gasteiger partial charge in [-0.1, -0.05) is 28.9 Å². The minimum atomic E-state index is -0.448. The summed E-state index contributed by atoms with van der Waals surface area (Å²) in [5, 5.41) is 10.1. The minimum absolute atomic E-state index is 0.00625. The third kappa shape index (κ3) is 2.81. The SMILES string of the molecule is COCC(C)C1CC(O)c2ccc(Br)cc2O1.